The second kappa shape index (κ2) is 4.97. The highest BCUT2D eigenvalue weighted by molar-refractivity contribution is 5.95. The first-order valence-electron chi connectivity index (χ1n) is 5.34. The molecule has 0 heterocycles. The van der Waals surface area contributed by atoms with Crippen LogP contribution in [0.15, 0.2) is 36.4 Å². The van der Waals surface area contributed by atoms with Crippen molar-refractivity contribution in [2.45, 2.75) is 6.61 Å². The Kier molecular flexibility index (Phi) is 3.40. The molecule has 0 amide bonds. The number of esters is 1. The Morgan fingerprint density at radius 3 is 2.53 bits per heavy atom. The highest BCUT2D eigenvalue weighted by Crippen LogP contribution is 2.19. The van der Waals surface area contributed by atoms with Crippen molar-refractivity contribution in [3.05, 3.63) is 47.5 Å². The van der Waals surface area contributed by atoms with E-state index in [0.29, 0.717) is 12.2 Å². The average molecular weight is 230 g/mol. The van der Waals surface area contributed by atoms with Crippen LogP contribution in [-0.2, 0) is 16.1 Å². The van der Waals surface area contributed by atoms with E-state index < -0.39 is 0 Å². The van der Waals surface area contributed by atoms with Gasteiger partial charge in [0.15, 0.2) is 0 Å². The summed E-state index contributed by atoms with van der Waals surface area (Å²) in [6, 6.07) is 11.6. The molecule has 0 saturated heterocycles. The van der Waals surface area contributed by atoms with Gasteiger partial charge in [-0.1, -0.05) is 18.2 Å². The van der Waals surface area contributed by atoms with Crippen molar-refractivity contribution in [1.29, 1.82) is 0 Å². The van der Waals surface area contributed by atoms with Gasteiger partial charge in [0.2, 0.25) is 0 Å². The minimum absolute atomic E-state index is 0.316. The number of carbonyl (C=O) groups is 1. The van der Waals surface area contributed by atoms with Crippen molar-refractivity contribution in [3.8, 4) is 0 Å². The van der Waals surface area contributed by atoms with E-state index in [2.05, 4.69) is 0 Å². The smallest absolute Gasteiger partial charge is 0.337 e. The summed E-state index contributed by atoms with van der Waals surface area (Å²) in [6.07, 6.45) is 0. The first kappa shape index (κ1) is 11.6. The Bertz CT molecular complexity index is 546. The molecule has 0 N–H and O–H groups in total. The van der Waals surface area contributed by atoms with Crippen molar-refractivity contribution in [2.24, 2.45) is 0 Å². The topological polar surface area (TPSA) is 35.5 Å². The second-order valence-corrected chi connectivity index (χ2v) is 3.82. The predicted octanol–water partition coefficient (Wildman–Crippen LogP) is 2.77. The van der Waals surface area contributed by atoms with Crippen LogP contribution in [0.3, 0.4) is 0 Å². The van der Waals surface area contributed by atoms with E-state index in [1.54, 1.807) is 13.2 Å². The minimum Gasteiger partial charge on any atom is -0.465 e. The molecular weight excluding hydrogens is 216 g/mol. The Hall–Kier alpha value is -1.87. The Balaban J connectivity index is 2.46. The molecule has 0 aliphatic rings. The lowest BCUT2D eigenvalue weighted by Gasteiger charge is -2.05. The van der Waals surface area contributed by atoms with E-state index in [1.165, 1.54) is 7.11 Å². The first-order valence-corrected chi connectivity index (χ1v) is 5.34. The fraction of sp³-hybridized carbons (Fsp3) is 0.214. The molecule has 88 valence electrons. The molecule has 17 heavy (non-hydrogen) atoms. The van der Waals surface area contributed by atoms with E-state index in [0.717, 1.165) is 16.3 Å². The molecule has 0 atom stereocenters. The SMILES string of the molecule is COCc1ccc2ccc(C(=O)OC)cc2c1. The fourth-order valence-electron chi connectivity index (χ4n) is 1.80. The van der Waals surface area contributed by atoms with Crippen LogP contribution < -0.4 is 0 Å². The number of hydrogen-bond acceptors (Lipinski definition) is 3. The average Bonchev–Trinajstić information content (AvgIpc) is 2.37. The summed E-state index contributed by atoms with van der Waals surface area (Å²) >= 11 is 0. The molecule has 0 fully saturated rings. The van der Waals surface area contributed by atoms with Crippen molar-refractivity contribution in [2.75, 3.05) is 14.2 Å². The zero-order valence-electron chi connectivity index (χ0n) is 9.90. The maximum Gasteiger partial charge on any atom is 0.337 e. The van der Waals surface area contributed by atoms with Gasteiger partial charge >= 0.3 is 5.97 Å². The number of methoxy groups -OCH3 is 2. The third-order valence-corrected chi connectivity index (χ3v) is 2.64. The Morgan fingerprint density at radius 2 is 1.82 bits per heavy atom. The van der Waals surface area contributed by atoms with E-state index in [4.69, 9.17) is 9.47 Å². The van der Waals surface area contributed by atoms with E-state index in [-0.39, 0.29) is 5.97 Å². The molecule has 0 aliphatic heterocycles. The zero-order valence-corrected chi connectivity index (χ0v) is 9.90. The van der Waals surface area contributed by atoms with Gasteiger partial charge in [-0.2, -0.15) is 0 Å². The summed E-state index contributed by atoms with van der Waals surface area (Å²) in [5.41, 5.74) is 1.65. The maximum absolute atomic E-state index is 11.4. The number of fused-ring (bicyclic) bond motifs is 1. The molecule has 0 radical (unpaired) electrons. The highest BCUT2D eigenvalue weighted by Gasteiger charge is 2.06. The minimum atomic E-state index is -0.316. The summed E-state index contributed by atoms with van der Waals surface area (Å²) in [5.74, 6) is -0.316. The van der Waals surface area contributed by atoms with Gasteiger partial charge < -0.3 is 9.47 Å². The summed E-state index contributed by atoms with van der Waals surface area (Å²) in [5, 5.41) is 2.11. The maximum atomic E-state index is 11.4. The van der Waals surface area contributed by atoms with Crippen LogP contribution in [-0.4, -0.2) is 20.2 Å². The molecule has 2 aromatic carbocycles. The first-order chi connectivity index (χ1) is 8.24. The number of carbonyl (C=O) groups excluding carboxylic acids is 1. The normalized spacial score (nSPS) is 10.5. The highest BCUT2D eigenvalue weighted by atomic mass is 16.5. The third-order valence-electron chi connectivity index (χ3n) is 2.64. The number of benzene rings is 2. The molecule has 0 unspecified atom stereocenters. The van der Waals surface area contributed by atoms with Gasteiger partial charge in [0.25, 0.3) is 0 Å². The zero-order chi connectivity index (χ0) is 12.3. The monoisotopic (exact) mass is 230 g/mol. The van der Waals surface area contributed by atoms with Crippen LogP contribution in [0, 0.1) is 0 Å². The van der Waals surface area contributed by atoms with Crippen LogP contribution in [0.1, 0.15) is 15.9 Å². The van der Waals surface area contributed by atoms with Crippen LogP contribution in [0.4, 0.5) is 0 Å². The Labute approximate surface area is 100.0 Å². The quantitative estimate of drug-likeness (QED) is 0.760. The van der Waals surface area contributed by atoms with Crippen LogP contribution >= 0.6 is 0 Å². The van der Waals surface area contributed by atoms with E-state index in [1.807, 2.05) is 30.3 Å². The van der Waals surface area contributed by atoms with Gasteiger partial charge in [-0.25, -0.2) is 4.79 Å². The van der Waals surface area contributed by atoms with Gasteiger partial charge in [0, 0.05) is 7.11 Å². The van der Waals surface area contributed by atoms with E-state index >= 15 is 0 Å². The van der Waals surface area contributed by atoms with Gasteiger partial charge in [0.05, 0.1) is 19.3 Å². The van der Waals surface area contributed by atoms with Gasteiger partial charge in [-0.3, -0.25) is 0 Å². The molecule has 3 nitrogen and oxygen atoms in total. The van der Waals surface area contributed by atoms with E-state index in [9.17, 15) is 4.79 Å². The lowest BCUT2D eigenvalue weighted by atomic mass is 10.0. The molecule has 0 saturated carbocycles. The lowest BCUT2D eigenvalue weighted by Crippen LogP contribution is -2.00. The molecule has 3 heteroatoms. The van der Waals surface area contributed by atoms with Gasteiger partial charge in [0.1, 0.15) is 0 Å². The number of hydrogen-bond donors (Lipinski definition) is 0. The van der Waals surface area contributed by atoms with Crippen molar-refractivity contribution in [1.82, 2.24) is 0 Å². The summed E-state index contributed by atoms with van der Waals surface area (Å²) in [6.45, 7) is 0.568. The number of rotatable bonds is 3. The van der Waals surface area contributed by atoms with Crippen LogP contribution in [0.5, 0.6) is 0 Å². The standard InChI is InChI=1S/C14H14O3/c1-16-9-10-3-4-11-5-6-12(14(15)17-2)8-13(11)7-10/h3-8H,9H2,1-2H3. The predicted molar refractivity (Wildman–Crippen MR) is 66.0 cm³/mol. The largest absolute Gasteiger partial charge is 0.465 e. The van der Waals surface area contributed by atoms with Gasteiger partial charge in [-0.15, -0.1) is 0 Å². The molecule has 2 aromatic rings. The van der Waals surface area contributed by atoms with Gasteiger partial charge in [-0.05, 0) is 34.5 Å². The molecular formula is C14H14O3. The Morgan fingerprint density at radius 1 is 1.06 bits per heavy atom. The molecule has 0 aromatic heterocycles. The fourth-order valence-corrected chi connectivity index (χ4v) is 1.80. The van der Waals surface area contributed by atoms with Crippen molar-refractivity contribution >= 4 is 16.7 Å². The second-order valence-electron chi connectivity index (χ2n) is 3.82. The third kappa shape index (κ3) is 2.45. The van der Waals surface area contributed by atoms with Crippen molar-refractivity contribution < 1.29 is 14.3 Å². The lowest BCUT2D eigenvalue weighted by molar-refractivity contribution is 0.0601. The van der Waals surface area contributed by atoms with Crippen LogP contribution in [0.2, 0.25) is 0 Å². The summed E-state index contributed by atoms with van der Waals surface area (Å²) in [4.78, 5) is 11.4. The van der Waals surface area contributed by atoms with Crippen molar-refractivity contribution in [3.63, 3.8) is 0 Å². The molecule has 0 spiro atoms. The number of ether oxygens (including phenoxy) is 2. The molecule has 0 bridgehead atoms. The van der Waals surface area contributed by atoms with Crippen LogP contribution in [0.25, 0.3) is 10.8 Å². The summed E-state index contributed by atoms with van der Waals surface area (Å²) < 4.78 is 9.78. The molecule has 2 rings (SSSR count). The summed E-state index contributed by atoms with van der Waals surface area (Å²) in [7, 11) is 3.04. The molecule has 0 aliphatic carbocycles.